The molecule has 0 aliphatic carbocycles. The molecule has 1 N–H and O–H groups in total. The lowest BCUT2D eigenvalue weighted by Gasteiger charge is -2.18. The van der Waals surface area contributed by atoms with Gasteiger partial charge in [-0.15, -0.1) is 0 Å². The Morgan fingerprint density at radius 1 is 1.26 bits per heavy atom. The van der Waals surface area contributed by atoms with Crippen molar-refractivity contribution in [3.8, 4) is 17.1 Å². The normalized spacial score (nSPS) is 18.4. The highest BCUT2D eigenvalue weighted by atomic mass is 16.5. The summed E-state index contributed by atoms with van der Waals surface area (Å²) in [7, 11) is 0. The molecule has 0 spiro atoms. The molecule has 0 unspecified atom stereocenters. The fourth-order valence-corrected chi connectivity index (χ4v) is 3.08. The molecule has 1 aromatic carbocycles. The van der Waals surface area contributed by atoms with E-state index >= 15 is 0 Å². The average Bonchev–Trinajstić information content (AvgIpc) is 3.01. The summed E-state index contributed by atoms with van der Waals surface area (Å²) in [5.41, 5.74) is 3.17. The predicted octanol–water partition coefficient (Wildman–Crippen LogP) is 3.61. The molecule has 23 heavy (non-hydrogen) atoms. The van der Waals surface area contributed by atoms with E-state index in [1.807, 2.05) is 13.8 Å². The van der Waals surface area contributed by atoms with Crippen LogP contribution in [0.1, 0.15) is 49.6 Å². The number of aromatic nitrogens is 2. The number of nitrogens with one attached hydrogen (secondary N) is 1. The van der Waals surface area contributed by atoms with Crippen molar-refractivity contribution in [3.05, 3.63) is 29.2 Å². The highest BCUT2D eigenvalue weighted by Gasteiger charge is 2.22. The van der Waals surface area contributed by atoms with Gasteiger partial charge in [-0.25, -0.2) is 0 Å². The van der Waals surface area contributed by atoms with Crippen LogP contribution in [0.5, 0.6) is 5.75 Å². The van der Waals surface area contributed by atoms with Crippen LogP contribution in [0, 0.1) is 13.8 Å². The Bertz CT molecular complexity index is 650. The number of hydrogen-bond donors (Lipinski definition) is 1. The summed E-state index contributed by atoms with van der Waals surface area (Å²) in [5.74, 6) is 2.68. The van der Waals surface area contributed by atoms with E-state index in [1.165, 1.54) is 0 Å². The minimum Gasteiger partial charge on any atom is -0.490 e. The molecule has 1 aromatic heterocycles. The number of ether oxygens (including phenoxy) is 1. The van der Waals surface area contributed by atoms with Crippen LogP contribution in [0.2, 0.25) is 0 Å². The standard InChI is InChI=1S/C18H25N3O2/c1-11(2)22-16-12(3)8-15(9-13(16)4)17-20-18(23-21-17)14-6-5-7-19-10-14/h8-9,11,14,19H,5-7,10H2,1-4H3/t14-/m0/s1. The topological polar surface area (TPSA) is 60.2 Å². The van der Waals surface area contributed by atoms with Gasteiger partial charge >= 0.3 is 0 Å². The zero-order valence-electron chi connectivity index (χ0n) is 14.3. The third-order valence-corrected chi connectivity index (χ3v) is 4.16. The van der Waals surface area contributed by atoms with E-state index in [0.29, 0.717) is 11.7 Å². The zero-order chi connectivity index (χ0) is 16.4. The first kappa shape index (κ1) is 16.0. The molecule has 0 amide bonds. The maximum atomic E-state index is 5.89. The molecule has 2 aromatic rings. The summed E-state index contributed by atoms with van der Waals surface area (Å²) < 4.78 is 11.4. The van der Waals surface area contributed by atoms with Gasteiger partial charge in [0.1, 0.15) is 5.75 Å². The molecule has 1 atom stereocenters. The highest BCUT2D eigenvalue weighted by molar-refractivity contribution is 5.61. The Morgan fingerprint density at radius 2 is 2.00 bits per heavy atom. The van der Waals surface area contributed by atoms with Crippen LogP contribution < -0.4 is 10.1 Å². The Labute approximate surface area is 137 Å². The van der Waals surface area contributed by atoms with E-state index < -0.39 is 0 Å². The zero-order valence-corrected chi connectivity index (χ0v) is 14.3. The molecule has 0 saturated carbocycles. The van der Waals surface area contributed by atoms with E-state index in [0.717, 1.165) is 54.3 Å². The van der Waals surface area contributed by atoms with Gasteiger partial charge in [-0.05, 0) is 70.3 Å². The average molecular weight is 315 g/mol. The molecule has 0 radical (unpaired) electrons. The van der Waals surface area contributed by atoms with E-state index in [-0.39, 0.29) is 6.10 Å². The maximum Gasteiger partial charge on any atom is 0.231 e. The first-order valence-electron chi connectivity index (χ1n) is 8.37. The third-order valence-electron chi connectivity index (χ3n) is 4.16. The van der Waals surface area contributed by atoms with Gasteiger partial charge < -0.3 is 14.6 Å². The molecule has 5 nitrogen and oxygen atoms in total. The van der Waals surface area contributed by atoms with Crippen molar-refractivity contribution < 1.29 is 9.26 Å². The van der Waals surface area contributed by atoms with E-state index in [2.05, 4.69) is 41.4 Å². The first-order valence-corrected chi connectivity index (χ1v) is 8.37. The summed E-state index contributed by atoms with van der Waals surface area (Å²) in [6.45, 7) is 10.2. The van der Waals surface area contributed by atoms with Crippen LogP contribution in [-0.4, -0.2) is 29.3 Å². The quantitative estimate of drug-likeness (QED) is 0.934. The van der Waals surface area contributed by atoms with Gasteiger partial charge in [-0.3, -0.25) is 0 Å². The van der Waals surface area contributed by atoms with Crippen molar-refractivity contribution in [2.75, 3.05) is 13.1 Å². The van der Waals surface area contributed by atoms with Gasteiger partial charge in [0.2, 0.25) is 11.7 Å². The van der Waals surface area contributed by atoms with E-state index in [4.69, 9.17) is 9.26 Å². The second-order valence-corrected chi connectivity index (χ2v) is 6.61. The highest BCUT2D eigenvalue weighted by Crippen LogP contribution is 2.31. The summed E-state index contributed by atoms with van der Waals surface area (Å²) >= 11 is 0. The Hall–Kier alpha value is -1.88. The number of rotatable bonds is 4. The van der Waals surface area contributed by atoms with Gasteiger partial charge in [-0.2, -0.15) is 4.98 Å². The molecule has 124 valence electrons. The van der Waals surface area contributed by atoms with Gasteiger partial charge in [-0.1, -0.05) is 5.16 Å². The Kier molecular flexibility index (Phi) is 4.66. The smallest absolute Gasteiger partial charge is 0.231 e. The van der Waals surface area contributed by atoms with Crippen molar-refractivity contribution in [2.45, 2.75) is 52.6 Å². The molecule has 1 fully saturated rings. The van der Waals surface area contributed by atoms with E-state index in [9.17, 15) is 0 Å². The number of hydrogen-bond acceptors (Lipinski definition) is 5. The molecule has 0 bridgehead atoms. The fraction of sp³-hybridized carbons (Fsp3) is 0.556. The van der Waals surface area contributed by atoms with Crippen molar-refractivity contribution in [3.63, 3.8) is 0 Å². The lowest BCUT2D eigenvalue weighted by molar-refractivity contribution is 0.239. The van der Waals surface area contributed by atoms with Crippen LogP contribution in [0.4, 0.5) is 0 Å². The van der Waals surface area contributed by atoms with E-state index in [1.54, 1.807) is 0 Å². The van der Waals surface area contributed by atoms with Crippen LogP contribution in [0.15, 0.2) is 16.7 Å². The second-order valence-electron chi connectivity index (χ2n) is 6.61. The van der Waals surface area contributed by atoms with Crippen molar-refractivity contribution >= 4 is 0 Å². The summed E-state index contributed by atoms with van der Waals surface area (Å²) in [6.07, 6.45) is 2.42. The van der Waals surface area contributed by atoms with Crippen LogP contribution in [0.3, 0.4) is 0 Å². The summed E-state index contributed by atoms with van der Waals surface area (Å²) in [4.78, 5) is 4.62. The largest absolute Gasteiger partial charge is 0.490 e. The molecular formula is C18H25N3O2. The number of aryl methyl sites for hydroxylation is 2. The fourth-order valence-electron chi connectivity index (χ4n) is 3.08. The monoisotopic (exact) mass is 315 g/mol. The lowest BCUT2D eigenvalue weighted by Crippen LogP contribution is -2.28. The Balaban J connectivity index is 1.86. The van der Waals surface area contributed by atoms with Gasteiger partial charge in [0.25, 0.3) is 0 Å². The lowest BCUT2D eigenvalue weighted by atomic mass is 10.00. The molecule has 5 heteroatoms. The number of piperidine rings is 1. The van der Waals surface area contributed by atoms with Gasteiger partial charge in [0.15, 0.2) is 0 Å². The number of nitrogens with zero attached hydrogens (tertiary/aromatic N) is 2. The number of benzene rings is 1. The van der Waals surface area contributed by atoms with Crippen LogP contribution >= 0.6 is 0 Å². The second kappa shape index (κ2) is 6.71. The SMILES string of the molecule is Cc1cc(-c2noc([C@H]3CCCNC3)n2)cc(C)c1OC(C)C. The molecule has 3 rings (SSSR count). The summed E-state index contributed by atoms with van der Waals surface area (Å²) in [6, 6.07) is 4.14. The minimum absolute atomic E-state index is 0.161. The van der Waals surface area contributed by atoms with Crippen LogP contribution in [0.25, 0.3) is 11.4 Å². The minimum atomic E-state index is 0.161. The molecule has 1 aliphatic heterocycles. The molecule has 1 aliphatic rings. The first-order chi connectivity index (χ1) is 11.0. The van der Waals surface area contributed by atoms with Crippen molar-refractivity contribution in [1.82, 2.24) is 15.5 Å². The Morgan fingerprint density at radius 3 is 2.61 bits per heavy atom. The molecule has 2 heterocycles. The van der Waals surface area contributed by atoms with Crippen molar-refractivity contribution in [1.29, 1.82) is 0 Å². The molecular weight excluding hydrogens is 290 g/mol. The third kappa shape index (κ3) is 3.55. The van der Waals surface area contributed by atoms with Gasteiger partial charge in [0, 0.05) is 12.1 Å². The van der Waals surface area contributed by atoms with Crippen LogP contribution in [-0.2, 0) is 0 Å². The van der Waals surface area contributed by atoms with Gasteiger partial charge in [0.05, 0.1) is 12.0 Å². The maximum absolute atomic E-state index is 5.89. The molecule has 1 saturated heterocycles. The predicted molar refractivity (Wildman–Crippen MR) is 89.8 cm³/mol. The van der Waals surface area contributed by atoms with Crippen molar-refractivity contribution in [2.24, 2.45) is 0 Å². The summed E-state index contributed by atoms with van der Waals surface area (Å²) in [5, 5.41) is 7.56.